The van der Waals surface area contributed by atoms with Crippen molar-refractivity contribution in [2.45, 2.75) is 32.4 Å². The molecule has 0 spiro atoms. The van der Waals surface area contributed by atoms with E-state index in [2.05, 4.69) is 21.4 Å². The Morgan fingerprint density at radius 2 is 2.27 bits per heavy atom. The van der Waals surface area contributed by atoms with E-state index in [1.54, 1.807) is 6.26 Å². The first-order valence-corrected chi connectivity index (χ1v) is 5.56. The van der Waals surface area contributed by atoms with Crippen molar-refractivity contribution in [3.05, 3.63) is 22.6 Å². The fourth-order valence-corrected chi connectivity index (χ4v) is 1.56. The molecule has 0 fully saturated rings. The average molecular weight is 277 g/mol. The Hall–Kier alpha value is -0.360. The van der Waals surface area contributed by atoms with Crippen molar-refractivity contribution in [3.8, 4) is 0 Å². The summed E-state index contributed by atoms with van der Waals surface area (Å²) in [6, 6.07) is 1.69. The van der Waals surface area contributed by atoms with E-state index < -0.39 is 0 Å². The number of hydrogen-bond donors (Lipinski definition) is 2. The molecule has 15 heavy (non-hydrogen) atoms. The predicted octanol–water partition coefficient (Wildman–Crippen LogP) is 2.36. The summed E-state index contributed by atoms with van der Waals surface area (Å²) in [7, 11) is 0. The van der Waals surface area contributed by atoms with Gasteiger partial charge in [0.15, 0.2) is 0 Å². The topological polar surface area (TPSA) is 60.4 Å². The van der Waals surface area contributed by atoms with Crippen LogP contribution in [0.5, 0.6) is 0 Å². The first-order valence-electron chi connectivity index (χ1n) is 4.77. The fraction of sp³-hybridized carbons (Fsp3) is 0.600. The first-order chi connectivity index (χ1) is 6.94. The highest BCUT2D eigenvalue weighted by atomic mass is 79.9. The smallest absolute Gasteiger partial charge is 0.138 e. The summed E-state index contributed by atoms with van der Waals surface area (Å²) in [4.78, 5) is 0. The Morgan fingerprint density at radius 1 is 1.60 bits per heavy atom. The lowest BCUT2D eigenvalue weighted by Gasteiger charge is -2.23. The number of hydrazine groups is 1. The second-order valence-electron chi connectivity index (χ2n) is 4.28. The van der Waals surface area contributed by atoms with Gasteiger partial charge in [-0.3, -0.25) is 5.84 Å². The maximum Gasteiger partial charge on any atom is 0.138 e. The summed E-state index contributed by atoms with van der Waals surface area (Å²) >= 11 is 3.38. The molecule has 0 amide bonds. The van der Waals surface area contributed by atoms with E-state index >= 15 is 0 Å². The maximum atomic E-state index is 5.64. The molecular weight excluding hydrogens is 260 g/mol. The quantitative estimate of drug-likeness (QED) is 0.655. The molecule has 1 rings (SSSR count). The number of nitrogens with one attached hydrogen (secondary N) is 1. The zero-order valence-electron chi connectivity index (χ0n) is 9.21. The van der Waals surface area contributed by atoms with Crippen molar-refractivity contribution in [3.63, 3.8) is 0 Å². The van der Waals surface area contributed by atoms with Crippen LogP contribution in [-0.2, 0) is 4.74 Å². The van der Waals surface area contributed by atoms with Crippen LogP contribution in [0.2, 0.25) is 0 Å². The molecule has 0 saturated carbocycles. The first kappa shape index (κ1) is 12.7. The van der Waals surface area contributed by atoms with E-state index in [0.29, 0.717) is 6.61 Å². The molecule has 3 N–H and O–H groups in total. The molecule has 0 aliphatic heterocycles. The highest BCUT2D eigenvalue weighted by molar-refractivity contribution is 9.10. The van der Waals surface area contributed by atoms with Crippen molar-refractivity contribution in [1.82, 2.24) is 5.43 Å². The van der Waals surface area contributed by atoms with E-state index in [0.717, 1.165) is 10.2 Å². The Bertz CT molecular complexity index is 307. The monoisotopic (exact) mass is 276 g/mol. The Kier molecular flexibility index (Phi) is 4.33. The zero-order chi connectivity index (χ0) is 11.5. The van der Waals surface area contributed by atoms with Gasteiger partial charge < -0.3 is 9.15 Å². The molecule has 4 nitrogen and oxygen atoms in total. The summed E-state index contributed by atoms with van der Waals surface area (Å²) in [6.45, 7) is 6.46. The van der Waals surface area contributed by atoms with Crippen molar-refractivity contribution in [2.75, 3.05) is 6.61 Å². The highest BCUT2D eigenvalue weighted by Crippen LogP contribution is 2.25. The van der Waals surface area contributed by atoms with Crippen molar-refractivity contribution in [2.24, 2.45) is 5.84 Å². The summed E-state index contributed by atoms with van der Waals surface area (Å²) in [5.74, 6) is 6.20. The van der Waals surface area contributed by atoms with Crippen LogP contribution in [0.3, 0.4) is 0 Å². The third-order valence-corrected chi connectivity index (χ3v) is 2.50. The largest absolute Gasteiger partial charge is 0.466 e. The highest BCUT2D eigenvalue weighted by Gasteiger charge is 2.20. The minimum absolute atomic E-state index is 0.145. The number of hydrogen-bond acceptors (Lipinski definition) is 4. The minimum atomic E-state index is -0.186. The van der Waals surface area contributed by atoms with Crippen LogP contribution >= 0.6 is 15.9 Å². The van der Waals surface area contributed by atoms with Crippen LogP contribution in [0.1, 0.15) is 32.6 Å². The van der Waals surface area contributed by atoms with Gasteiger partial charge in [-0.05, 0) is 42.8 Å². The maximum absolute atomic E-state index is 5.64. The van der Waals surface area contributed by atoms with Crippen LogP contribution in [0, 0.1) is 0 Å². The number of ether oxygens (including phenoxy) is 1. The molecule has 1 aromatic rings. The molecule has 1 atom stereocenters. The van der Waals surface area contributed by atoms with Crippen LogP contribution in [0.4, 0.5) is 0 Å². The lowest BCUT2D eigenvalue weighted by molar-refractivity contribution is -0.0173. The van der Waals surface area contributed by atoms with E-state index in [4.69, 9.17) is 15.0 Å². The van der Waals surface area contributed by atoms with Crippen LogP contribution in [0.25, 0.3) is 0 Å². The molecule has 0 saturated heterocycles. The fourth-order valence-electron chi connectivity index (χ4n) is 1.09. The number of nitrogens with two attached hydrogens (primary N) is 1. The van der Waals surface area contributed by atoms with E-state index in [1.165, 1.54) is 0 Å². The van der Waals surface area contributed by atoms with Gasteiger partial charge in [-0.1, -0.05) is 0 Å². The molecule has 0 aromatic carbocycles. The third-order valence-electron chi connectivity index (χ3n) is 1.85. The van der Waals surface area contributed by atoms with E-state index in [9.17, 15) is 0 Å². The molecule has 1 unspecified atom stereocenters. The summed E-state index contributed by atoms with van der Waals surface area (Å²) < 4.78 is 11.8. The minimum Gasteiger partial charge on any atom is -0.466 e. The predicted molar refractivity (Wildman–Crippen MR) is 62.2 cm³/mol. The molecular formula is C10H17BrN2O2. The van der Waals surface area contributed by atoms with Crippen LogP contribution in [-0.4, -0.2) is 12.2 Å². The van der Waals surface area contributed by atoms with Crippen molar-refractivity contribution >= 4 is 15.9 Å². The molecule has 1 heterocycles. The number of rotatable bonds is 4. The molecule has 0 aliphatic carbocycles. The summed E-state index contributed by atoms with van der Waals surface area (Å²) in [6.07, 6.45) is 1.61. The molecule has 86 valence electrons. The Balaban J connectivity index is 2.61. The van der Waals surface area contributed by atoms with Gasteiger partial charge >= 0.3 is 0 Å². The van der Waals surface area contributed by atoms with Gasteiger partial charge in [0.2, 0.25) is 0 Å². The van der Waals surface area contributed by atoms with Gasteiger partial charge in [-0.15, -0.1) is 0 Å². The standard InChI is InChI=1S/C10H17BrN2O2/c1-10(2,3)15-6-8(13-12)9-7(11)4-5-14-9/h4-5,8,13H,6,12H2,1-3H3. The van der Waals surface area contributed by atoms with Gasteiger partial charge in [-0.2, -0.15) is 0 Å². The second kappa shape index (κ2) is 5.12. The zero-order valence-corrected chi connectivity index (χ0v) is 10.8. The SMILES string of the molecule is CC(C)(C)OCC(NN)c1occc1Br. The lowest BCUT2D eigenvalue weighted by atomic mass is 10.2. The van der Waals surface area contributed by atoms with Crippen LogP contribution in [0.15, 0.2) is 21.2 Å². The Labute approximate surface area is 98.3 Å². The average Bonchev–Trinajstić information content (AvgIpc) is 2.52. The second-order valence-corrected chi connectivity index (χ2v) is 5.13. The molecule has 5 heteroatoms. The normalized spacial score (nSPS) is 14.2. The molecule has 0 radical (unpaired) electrons. The van der Waals surface area contributed by atoms with E-state index in [-0.39, 0.29) is 11.6 Å². The van der Waals surface area contributed by atoms with E-state index in [1.807, 2.05) is 26.8 Å². The van der Waals surface area contributed by atoms with Gasteiger partial charge in [0, 0.05) is 0 Å². The molecule has 1 aromatic heterocycles. The molecule has 0 bridgehead atoms. The number of halogens is 1. The van der Waals surface area contributed by atoms with Crippen molar-refractivity contribution in [1.29, 1.82) is 0 Å². The summed E-state index contributed by atoms with van der Waals surface area (Å²) in [5, 5.41) is 0. The van der Waals surface area contributed by atoms with Crippen molar-refractivity contribution < 1.29 is 9.15 Å². The van der Waals surface area contributed by atoms with Gasteiger partial charge in [-0.25, -0.2) is 5.43 Å². The Morgan fingerprint density at radius 3 is 2.67 bits per heavy atom. The summed E-state index contributed by atoms with van der Waals surface area (Å²) in [5.41, 5.74) is 2.48. The third kappa shape index (κ3) is 3.95. The number of furan rings is 1. The van der Waals surface area contributed by atoms with Gasteiger partial charge in [0.25, 0.3) is 0 Å². The van der Waals surface area contributed by atoms with Gasteiger partial charge in [0.05, 0.1) is 22.9 Å². The molecule has 0 aliphatic rings. The lowest BCUT2D eigenvalue weighted by Crippen LogP contribution is -2.34. The van der Waals surface area contributed by atoms with Crippen LogP contribution < -0.4 is 11.3 Å². The van der Waals surface area contributed by atoms with Gasteiger partial charge in [0.1, 0.15) is 11.8 Å².